The lowest BCUT2D eigenvalue weighted by molar-refractivity contribution is 0.0909. The molecule has 0 bridgehead atoms. The van der Waals surface area contributed by atoms with Crippen molar-refractivity contribution in [1.29, 1.82) is 0 Å². The van der Waals surface area contributed by atoms with Crippen molar-refractivity contribution < 1.29 is 9.59 Å². The molecule has 0 saturated carbocycles. The average molecular weight is 437 g/mol. The van der Waals surface area contributed by atoms with E-state index in [2.05, 4.69) is 10.3 Å². The van der Waals surface area contributed by atoms with Crippen LogP contribution in [0.3, 0.4) is 0 Å². The minimum Gasteiger partial charge on any atom is -0.384 e. The number of nitrogens with one attached hydrogen (secondary N) is 1. The summed E-state index contributed by atoms with van der Waals surface area (Å²) < 4.78 is 1.42. The standard InChI is InChI=1S/C23H21ClN4O3/c1-23(2)11-17-15(18(29)12-23)10-16(21(30)27-20-8-4-7-19(25)26-20)22(31)28(17)14-6-3-5-13(24)9-14/h3-10H,11-12H2,1-2H3,(H3,25,26,27,30). The molecule has 0 saturated heterocycles. The molecular weight excluding hydrogens is 416 g/mol. The molecule has 1 aliphatic carbocycles. The van der Waals surface area contributed by atoms with Crippen molar-refractivity contribution in [2.75, 3.05) is 11.1 Å². The van der Waals surface area contributed by atoms with E-state index >= 15 is 0 Å². The Morgan fingerprint density at radius 2 is 1.87 bits per heavy atom. The number of fused-ring (bicyclic) bond motifs is 1. The van der Waals surface area contributed by atoms with Gasteiger partial charge in [0.2, 0.25) is 0 Å². The van der Waals surface area contributed by atoms with E-state index in [0.29, 0.717) is 34.8 Å². The first-order valence-corrected chi connectivity index (χ1v) is 10.1. The van der Waals surface area contributed by atoms with E-state index in [1.165, 1.54) is 10.6 Å². The molecule has 4 rings (SSSR count). The van der Waals surface area contributed by atoms with Crippen molar-refractivity contribution in [3.05, 3.63) is 80.7 Å². The molecule has 2 heterocycles. The number of hydrogen-bond acceptors (Lipinski definition) is 5. The van der Waals surface area contributed by atoms with Crippen LogP contribution >= 0.6 is 11.6 Å². The van der Waals surface area contributed by atoms with Gasteiger partial charge in [0.25, 0.3) is 11.5 Å². The summed E-state index contributed by atoms with van der Waals surface area (Å²) in [6, 6.07) is 12.9. The highest BCUT2D eigenvalue weighted by molar-refractivity contribution is 6.30. The Morgan fingerprint density at radius 1 is 1.13 bits per heavy atom. The summed E-state index contributed by atoms with van der Waals surface area (Å²) >= 11 is 6.16. The maximum atomic E-state index is 13.5. The highest BCUT2D eigenvalue weighted by Gasteiger charge is 2.35. The first-order chi connectivity index (χ1) is 14.6. The molecule has 158 valence electrons. The number of benzene rings is 1. The normalized spacial score (nSPS) is 14.7. The summed E-state index contributed by atoms with van der Waals surface area (Å²) in [6.07, 6.45) is 0.833. The fraction of sp³-hybridized carbons (Fsp3) is 0.217. The van der Waals surface area contributed by atoms with Gasteiger partial charge in [0, 0.05) is 22.7 Å². The molecule has 8 heteroatoms. The zero-order valence-electron chi connectivity index (χ0n) is 17.1. The van der Waals surface area contributed by atoms with Gasteiger partial charge in [-0.15, -0.1) is 0 Å². The number of pyridine rings is 2. The fourth-order valence-corrected chi connectivity index (χ4v) is 4.05. The van der Waals surface area contributed by atoms with Crippen molar-refractivity contribution in [2.45, 2.75) is 26.7 Å². The topological polar surface area (TPSA) is 107 Å². The minimum atomic E-state index is -0.667. The van der Waals surface area contributed by atoms with E-state index < -0.39 is 11.5 Å². The smallest absolute Gasteiger partial charge is 0.268 e. The second-order valence-electron chi connectivity index (χ2n) is 8.38. The molecule has 0 atom stereocenters. The molecule has 0 unspecified atom stereocenters. The lowest BCUT2D eigenvalue weighted by Gasteiger charge is -2.32. The van der Waals surface area contributed by atoms with Crippen LogP contribution in [0.15, 0.2) is 53.3 Å². The number of carbonyl (C=O) groups excluding carboxylic acids is 2. The monoisotopic (exact) mass is 436 g/mol. The largest absolute Gasteiger partial charge is 0.384 e. The molecule has 2 aromatic heterocycles. The summed E-state index contributed by atoms with van der Waals surface area (Å²) in [6.45, 7) is 3.96. The number of nitrogen functional groups attached to an aromatic ring is 1. The molecule has 0 fully saturated rings. The zero-order valence-corrected chi connectivity index (χ0v) is 17.9. The third-order valence-corrected chi connectivity index (χ3v) is 5.45. The Bertz CT molecular complexity index is 1280. The zero-order chi connectivity index (χ0) is 22.3. The lowest BCUT2D eigenvalue weighted by atomic mass is 9.75. The molecule has 31 heavy (non-hydrogen) atoms. The van der Waals surface area contributed by atoms with Crippen LogP contribution in [0.5, 0.6) is 0 Å². The Kier molecular flexibility index (Phi) is 5.15. The fourth-order valence-electron chi connectivity index (χ4n) is 3.87. The number of halogens is 1. The maximum absolute atomic E-state index is 13.5. The van der Waals surface area contributed by atoms with Crippen LogP contribution in [0, 0.1) is 5.41 Å². The highest BCUT2D eigenvalue weighted by Crippen LogP contribution is 2.35. The summed E-state index contributed by atoms with van der Waals surface area (Å²) in [5.41, 5.74) is 6.10. The predicted octanol–water partition coefficient (Wildman–Crippen LogP) is 3.88. The number of amides is 1. The van der Waals surface area contributed by atoms with Crippen LogP contribution in [0.25, 0.3) is 5.69 Å². The van der Waals surface area contributed by atoms with Crippen molar-refractivity contribution in [3.63, 3.8) is 0 Å². The second-order valence-corrected chi connectivity index (χ2v) is 8.82. The minimum absolute atomic E-state index is 0.113. The number of ketones is 1. The molecule has 3 aromatic rings. The van der Waals surface area contributed by atoms with Crippen LogP contribution in [-0.4, -0.2) is 21.2 Å². The average Bonchev–Trinajstić information content (AvgIpc) is 2.66. The highest BCUT2D eigenvalue weighted by atomic mass is 35.5. The van der Waals surface area contributed by atoms with E-state index in [1.807, 2.05) is 13.8 Å². The van der Waals surface area contributed by atoms with Gasteiger partial charge in [0.05, 0.1) is 5.69 Å². The van der Waals surface area contributed by atoms with Gasteiger partial charge in [-0.1, -0.05) is 37.6 Å². The van der Waals surface area contributed by atoms with Crippen molar-refractivity contribution in [2.24, 2.45) is 5.41 Å². The maximum Gasteiger partial charge on any atom is 0.268 e. The molecular formula is C23H21ClN4O3. The van der Waals surface area contributed by atoms with Crippen LogP contribution in [0.2, 0.25) is 5.02 Å². The van der Waals surface area contributed by atoms with Gasteiger partial charge < -0.3 is 11.1 Å². The Hall–Kier alpha value is -3.45. The van der Waals surface area contributed by atoms with Gasteiger partial charge in [-0.3, -0.25) is 19.0 Å². The lowest BCUT2D eigenvalue weighted by Crippen LogP contribution is -2.37. The van der Waals surface area contributed by atoms with Gasteiger partial charge in [-0.25, -0.2) is 4.98 Å². The number of Topliss-reactive ketones (excluding diaryl/α,β-unsaturated/α-hetero) is 1. The van der Waals surface area contributed by atoms with Gasteiger partial charge >= 0.3 is 0 Å². The summed E-state index contributed by atoms with van der Waals surface area (Å²) in [5.74, 6) is -0.335. The summed E-state index contributed by atoms with van der Waals surface area (Å²) in [5, 5.41) is 3.03. The predicted molar refractivity (Wildman–Crippen MR) is 120 cm³/mol. The molecule has 1 aliphatic rings. The van der Waals surface area contributed by atoms with Crippen molar-refractivity contribution >= 4 is 34.9 Å². The molecule has 7 nitrogen and oxygen atoms in total. The van der Waals surface area contributed by atoms with E-state index in [-0.39, 0.29) is 28.4 Å². The first kappa shape index (κ1) is 20.8. The van der Waals surface area contributed by atoms with Crippen LogP contribution in [0.1, 0.15) is 46.7 Å². The van der Waals surface area contributed by atoms with Gasteiger partial charge in [0.15, 0.2) is 5.78 Å². The van der Waals surface area contributed by atoms with Crippen molar-refractivity contribution in [1.82, 2.24) is 9.55 Å². The number of aromatic nitrogens is 2. The number of hydrogen-bond donors (Lipinski definition) is 2. The van der Waals surface area contributed by atoms with Crippen LogP contribution < -0.4 is 16.6 Å². The summed E-state index contributed by atoms with van der Waals surface area (Å²) in [4.78, 5) is 43.4. The molecule has 0 spiro atoms. The first-order valence-electron chi connectivity index (χ1n) is 9.77. The van der Waals surface area contributed by atoms with E-state index in [9.17, 15) is 14.4 Å². The third kappa shape index (κ3) is 4.09. The number of carbonyl (C=O) groups is 2. The van der Waals surface area contributed by atoms with Gasteiger partial charge in [-0.05, 0) is 48.2 Å². The number of rotatable bonds is 3. The van der Waals surface area contributed by atoms with Gasteiger partial charge in [0.1, 0.15) is 17.2 Å². The van der Waals surface area contributed by atoms with E-state index in [1.54, 1.807) is 42.5 Å². The SMILES string of the molecule is CC1(C)CC(=O)c2cc(C(=O)Nc3cccc(N)n3)c(=O)n(-c3cccc(Cl)c3)c2C1. The van der Waals surface area contributed by atoms with Crippen LogP contribution in [0.4, 0.5) is 11.6 Å². The second kappa shape index (κ2) is 7.67. The molecule has 0 radical (unpaired) electrons. The Balaban J connectivity index is 1.91. The Morgan fingerprint density at radius 3 is 2.58 bits per heavy atom. The van der Waals surface area contributed by atoms with E-state index in [0.717, 1.165) is 0 Å². The number of nitrogens with zero attached hydrogens (tertiary/aromatic N) is 2. The number of nitrogens with two attached hydrogens (primary N) is 1. The molecule has 3 N–H and O–H groups in total. The van der Waals surface area contributed by atoms with Crippen LogP contribution in [-0.2, 0) is 6.42 Å². The third-order valence-electron chi connectivity index (χ3n) is 5.21. The Labute approximate surface area is 183 Å². The summed E-state index contributed by atoms with van der Waals surface area (Å²) in [7, 11) is 0. The number of anilines is 2. The molecule has 1 amide bonds. The quantitative estimate of drug-likeness (QED) is 0.648. The van der Waals surface area contributed by atoms with Gasteiger partial charge in [-0.2, -0.15) is 0 Å². The molecule has 1 aromatic carbocycles. The van der Waals surface area contributed by atoms with E-state index in [4.69, 9.17) is 17.3 Å². The molecule has 0 aliphatic heterocycles. The van der Waals surface area contributed by atoms with Crippen molar-refractivity contribution in [3.8, 4) is 5.69 Å².